The summed E-state index contributed by atoms with van der Waals surface area (Å²) in [6, 6.07) is 0. The van der Waals surface area contributed by atoms with Crippen molar-refractivity contribution in [1.82, 2.24) is 0 Å². The van der Waals surface area contributed by atoms with Crippen LogP contribution >= 0.6 is 0 Å². The Labute approximate surface area is 83.2 Å². The molecule has 0 amide bonds. The van der Waals surface area contributed by atoms with E-state index in [1.54, 1.807) is 6.08 Å². The Kier molecular flexibility index (Phi) is 6.45. The van der Waals surface area contributed by atoms with E-state index in [-0.39, 0.29) is 18.4 Å². The zero-order valence-electron chi connectivity index (χ0n) is 8.32. The van der Waals surface area contributed by atoms with Crippen LogP contribution in [0.5, 0.6) is 0 Å². The monoisotopic (exact) mass is 200 g/mol. The maximum absolute atomic E-state index is 10.6. The van der Waals surface area contributed by atoms with Gasteiger partial charge in [-0.05, 0) is 12.8 Å². The van der Waals surface area contributed by atoms with Gasteiger partial charge in [-0.15, -0.1) is 0 Å². The van der Waals surface area contributed by atoms with Crippen molar-refractivity contribution >= 4 is 11.9 Å². The maximum Gasteiger partial charge on any atom is 0.331 e. The first-order valence-corrected chi connectivity index (χ1v) is 4.72. The highest BCUT2D eigenvalue weighted by Gasteiger charge is 2.08. The van der Waals surface area contributed by atoms with Crippen molar-refractivity contribution in [2.75, 3.05) is 0 Å². The van der Waals surface area contributed by atoms with Crippen LogP contribution in [0.15, 0.2) is 11.6 Å². The number of carboxylic acids is 2. The van der Waals surface area contributed by atoms with E-state index in [0.717, 1.165) is 12.8 Å². The van der Waals surface area contributed by atoms with E-state index in [9.17, 15) is 9.59 Å². The number of allylic oxidation sites excluding steroid dienone is 1. The summed E-state index contributed by atoms with van der Waals surface area (Å²) in [6.07, 6.45) is 4.25. The van der Waals surface area contributed by atoms with Crippen LogP contribution in [0.2, 0.25) is 0 Å². The zero-order valence-corrected chi connectivity index (χ0v) is 8.32. The number of aliphatic carboxylic acids is 2. The van der Waals surface area contributed by atoms with Gasteiger partial charge >= 0.3 is 11.9 Å². The van der Waals surface area contributed by atoms with Crippen LogP contribution in [0.3, 0.4) is 0 Å². The molecule has 0 unspecified atom stereocenters. The van der Waals surface area contributed by atoms with E-state index in [4.69, 9.17) is 10.2 Å². The predicted octanol–water partition coefficient (Wildman–Crippen LogP) is 2.05. The fraction of sp³-hybridized carbons (Fsp3) is 0.600. The van der Waals surface area contributed by atoms with Crippen molar-refractivity contribution in [2.24, 2.45) is 0 Å². The molecular formula is C10H16O4. The molecule has 0 spiro atoms. The van der Waals surface area contributed by atoms with Gasteiger partial charge in [0.15, 0.2) is 0 Å². The largest absolute Gasteiger partial charge is 0.481 e. The van der Waals surface area contributed by atoms with E-state index in [1.165, 1.54) is 0 Å². The number of unbranched alkanes of at least 4 members (excludes halogenated alkanes) is 2. The molecule has 0 rings (SSSR count). The van der Waals surface area contributed by atoms with Crippen molar-refractivity contribution < 1.29 is 19.8 Å². The van der Waals surface area contributed by atoms with Gasteiger partial charge in [0, 0.05) is 12.0 Å². The van der Waals surface area contributed by atoms with E-state index in [0.29, 0.717) is 6.42 Å². The first-order chi connectivity index (χ1) is 6.57. The van der Waals surface area contributed by atoms with Crippen molar-refractivity contribution in [1.29, 1.82) is 0 Å². The lowest BCUT2D eigenvalue weighted by Gasteiger charge is -1.99. The lowest BCUT2D eigenvalue weighted by Crippen LogP contribution is -2.04. The summed E-state index contributed by atoms with van der Waals surface area (Å²) in [6.45, 7) is 2.02. The highest BCUT2D eigenvalue weighted by Crippen LogP contribution is 2.08. The minimum Gasteiger partial charge on any atom is -0.481 e. The normalized spacial score (nSPS) is 11.4. The standard InChI is InChI=1S/C10H16O4/c1-2-3-4-5-8(10(13)14)6-7-9(11)12/h5H,2-4,6-7H2,1H3,(H,11,12)(H,13,14). The second-order valence-corrected chi connectivity index (χ2v) is 3.07. The van der Waals surface area contributed by atoms with Crippen LogP contribution in [0.25, 0.3) is 0 Å². The number of hydrogen-bond donors (Lipinski definition) is 2. The van der Waals surface area contributed by atoms with E-state index in [2.05, 4.69) is 0 Å². The molecule has 0 saturated heterocycles. The van der Waals surface area contributed by atoms with Crippen LogP contribution < -0.4 is 0 Å². The molecule has 0 aliphatic carbocycles. The fourth-order valence-electron chi connectivity index (χ4n) is 1.02. The summed E-state index contributed by atoms with van der Waals surface area (Å²) in [5, 5.41) is 17.1. The summed E-state index contributed by atoms with van der Waals surface area (Å²) >= 11 is 0. The lowest BCUT2D eigenvalue weighted by molar-refractivity contribution is -0.137. The molecule has 0 radical (unpaired) electrons. The number of carboxylic acid groups (broad SMARTS) is 2. The average Bonchev–Trinajstić information content (AvgIpc) is 2.10. The molecule has 0 saturated carbocycles. The maximum atomic E-state index is 10.6. The Morgan fingerprint density at radius 1 is 1.21 bits per heavy atom. The molecule has 0 atom stereocenters. The Morgan fingerprint density at radius 2 is 1.86 bits per heavy atom. The molecule has 2 N–H and O–H groups in total. The third-order valence-electron chi connectivity index (χ3n) is 1.83. The fourth-order valence-corrected chi connectivity index (χ4v) is 1.02. The smallest absolute Gasteiger partial charge is 0.331 e. The summed E-state index contributed by atoms with van der Waals surface area (Å²) in [7, 11) is 0. The van der Waals surface area contributed by atoms with Gasteiger partial charge in [-0.1, -0.05) is 25.8 Å². The number of carbonyl (C=O) groups is 2. The van der Waals surface area contributed by atoms with Crippen molar-refractivity contribution in [3.8, 4) is 0 Å². The summed E-state index contributed by atoms with van der Waals surface area (Å²) in [4.78, 5) is 20.9. The second kappa shape index (κ2) is 7.12. The van der Waals surface area contributed by atoms with Crippen LogP contribution in [0, 0.1) is 0 Å². The predicted molar refractivity (Wildman–Crippen MR) is 52.1 cm³/mol. The van der Waals surface area contributed by atoms with Crippen molar-refractivity contribution in [3.63, 3.8) is 0 Å². The molecule has 0 aliphatic rings. The molecule has 0 fully saturated rings. The molecule has 80 valence electrons. The molecule has 0 aromatic rings. The first kappa shape index (κ1) is 12.7. The van der Waals surface area contributed by atoms with Gasteiger partial charge in [0.25, 0.3) is 0 Å². The Hall–Kier alpha value is -1.32. The Bertz CT molecular complexity index is 230. The highest BCUT2D eigenvalue weighted by atomic mass is 16.4. The molecule has 0 heterocycles. The van der Waals surface area contributed by atoms with E-state index in [1.807, 2.05) is 6.92 Å². The van der Waals surface area contributed by atoms with Gasteiger partial charge in [0.05, 0.1) is 0 Å². The van der Waals surface area contributed by atoms with Crippen LogP contribution in [-0.4, -0.2) is 22.2 Å². The minimum atomic E-state index is -1.01. The van der Waals surface area contributed by atoms with E-state index >= 15 is 0 Å². The average molecular weight is 200 g/mol. The number of hydrogen-bond acceptors (Lipinski definition) is 2. The summed E-state index contributed by atoms with van der Waals surface area (Å²) in [5.74, 6) is -1.98. The molecular weight excluding hydrogens is 184 g/mol. The molecule has 4 nitrogen and oxygen atoms in total. The Morgan fingerprint density at radius 3 is 2.29 bits per heavy atom. The van der Waals surface area contributed by atoms with Gasteiger partial charge in [-0.25, -0.2) is 4.79 Å². The van der Waals surface area contributed by atoms with Gasteiger partial charge in [-0.2, -0.15) is 0 Å². The van der Waals surface area contributed by atoms with Crippen LogP contribution in [-0.2, 0) is 9.59 Å². The van der Waals surface area contributed by atoms with E-state index < -0.39 is 11.9 Å². The molecule has 4 heteroatoms. The third kappa shape index (κ3) is 6.22. The van der Waals surface area contributed by atoms with Crippen molar-refractivity contribution in [2.45, 2.75) is 39.0 Å². The molecule has 0 aromatic heterocycles. The second-order valence-electron chi connectivity index (χ2n) is 3.07. The topological polar surface area (TPSA) is 74.6 Å². The van der Waals surface area contributed by atoms with Gasteiger partial charge in [0.2, 0.25) is 0 Å². The third-order valence-corrected chi connectivity index (χ3v) is 1.83. The summed E-state index contributed by atoms with van der Waals surface area (Å²) in [5.41, 5.74) is 0.209. The summed E-state index contributed by atoms with van der Waals surface area (Å²) < 4.78 is 0. The zero-order chi connectivity index (χ0) is 11.0. The van der Waals surface area contributed by atoms with Gasteiger partial charge < -0.3 is 10.2 Å². The first-order valence-electron chi connectivity index (χ1n) is 4.72. The molecule has 14 heavy (non-hydrogen) atoms. The van der Waals surface area contributed by atoms with Crippen LogP contribution in [0.1, 0.15) is 39.0 Å². The minimum absolute atomic E-state index is 0.106. The van der Waals surface area contributed by atoms with Gasteiger partial charge in [0.1, 0.15) is 0 Å². The van der Waals surface area contributed by atoms with Gasteiger partial charge in [-0.3, -0.25) is 4.79 Å². The number of rotatable bonds is 7. The molecule has 0 aliphatic heterocycles. The van der Waals surface area contributed by atoms with Crippen molar-refractivity contribution in [3.05, 3.63) is 11.6 Å². The van der Waals surface area contributed by atoms with Crippen LogP contribution in [0.4, 0.5) is 0 Å². The highest BCUT2D eigenvalue weighted by molar-refractivity contribution is 5.87. The molecule has 0 aromatic carbocycles. The quantitative estimate of drug-likeness (QED) is 0.487. The molecule has 0 bridgehead atoms. The Balaban J connectivity index is 4.07. The SMILES string of the molecule is CCCCC=C(CCC(=O)O)C(=O)O. The lowest BCUT2D eigenvalue weighted by atomic mass is 10.1.